The summed E-state index contributed by atoms with van der Waals surface area (Å²) >= 11 is 0. The van der Waals surface area contributed by atoms with Crippen molar-refractivity contribution in [3.8, 4) is 6.07 Å². The highest BCUT2D eigenvalue weighted by molar-refractivity contribution is 5.95. The molecule has 0 aliphatic heterocycles. The van der Waals surface area contributed by atoms with Gasteiger partial charge in [-0.05, 0) is 18.2 Å². The number of hydrogen-bond acceptors (Lipinski definition) is 2. The normalized spacial score (nSPS) is 8.64. The van der Waals surface area contributed by atoms with E-state index in [1.165, 1.54) is 12.1 Å². The van der Waals surface area contributed by atoms with Gasteiger partial charge in [0.15, 0.2) is 0 Å². The van der Waals surface area contributed by atoms with Crippen molar-refractivity contribution >= 4 is 5.91 Å². The van der Waals surface area contributed by atoms with Gasteiger partial charge in [-0.15, -0.1) is 0 Å². The zero-order chi connectivity index (χ0) is 8.27. The quantitative estimate of drug-likeness (QED) is 0.623. The Bertz CT molecular complexity index is 325. The van der Waals surface area contributed by atoms with Crippen LogP contribution in [0.4, 0.5) is 0 Å². The highest BCUT2D eigenvalue weighted by atomic mass is 16.1. The van der Waals surface area contributed by atoms with Crippen LogP contribution >= 0.6 is 0 Å². The number of benzene rings is 1. The van der Waals surface area contributed by atoms with Crippen LogP contribution in [0.2, 0.25) is 0 Å². The zero-order valence-corrected chi connectivity index (χ0v) is 5.66. The number of nitrogens with two attached hydrogens (primary N) is 1. The number of nitriles is 1. The van der Waals surface area contributed by atoms with Gasteiger partial charge in [-0.1, -0.05) is 6.07 Å². The van der Waals surface area contributed by atoms with E-state index in [0.717, 1.165) is 0 Å². The van der Waals surface area contributed by atoms with Crippen LogP contribution in [0.1, 0.15) is 15.9 Å². The molecule has 53 valence electrons. The lowest BCUT2D eigenvalue weighted by molar-refractivity contribution is 0.1000. The minimum Gasteiger partial charge on any atom is -0.366 e. The molecule has 11 heavy (non-hydrogen) atoms. The van der Waals surface area contributed by atoms with Crippen molar-refractivity contribution in [2.24, 2.45) is 5.73 Å². The lowest BCUT2D eigenvalue weighted by Crippen LogP contribution is -2.12. The van der Waals surface area contributed by atoms with Crippen molar-refractivity contribution in [2.45, 2.75) is 0 Å². The van der Waals surface area contributed by atoms with E-state index in [2.05, 4.69) is 6.07 Å². The Kier molecular flexibility index (Phi) is 1.88. The highest BCUT2D eigenvalue weighted by Gasteiger charge is 2.04. The maximum atomic E-state index is 10.6. The van der Waals surface area contributed by atoms with Crippen molar-refractivity contribution in [3.63, 3.8) is 0 Å². The molecule has 0 spiro atoms. The van der Waals surface area contributed by atoms with Gasteiger partial charge in [-0.25, -0.2) is 0 Å². The molecule has 1 radical (unpaired) electrons. The summed E-state index contributed by atoms with van der Waals surface area (Å²) in [6.07, 6.45) is 0. The first-order valence-electron chi connectivity index (χ1n) is 2.95. The Morgan fingerprint density at radius 1 is 1.73 bits per heavy atom. The maximum absolute atomic E-state index is 10.6. The van der Waals surface area contributed by atoms with Crippen molar-refractivity contribution < 1.29 is 4.79 Å². The Hall–Kier alpha value is -1.82. The molecule has 0 aromatic heterocycles. The third-order valence-corrected chi connectivity index (χ3v) is 1.25. The molecule has 3 nitrogen and oxygen atoms in total. The number of carbonyl (C=O) groups is 1. The molecule has 0 aliphatic carbocycles. The third kappa shape index (κ3) is 1.36. The van der Waals surface area contributed by atoms with Crippen molar-refractivity contribution in [1.29, 1.82) is 5.26 Å². The molecule has 3 heteroatoms. The Labute approximate surface area is 64.1 Å². The van der Waals surface area contributed by atoms with Crippen LogP contribution in [0.15, 0.2) is 18.2 Å². The fourth-order valence-corrected chi connectivity index (χ4v) is 0.738. The molecule has 0 atom stereocenters. The fraction of sp³-hybridized carbons (Fsp3) is 0. The monoisotopic (exact) mass is 145 g/mol. The number of primary amides is 1. The van der Waals surface area contributed by atoms with E-state index in [-0.39, 0.29) is 11.1 Å². The van der Waals surface area contributed by atoms with E-state index in [1.54, 1.807) is 6.07 Å². The summed E-state index contributed by atoms with van der Waals surface area (Å²) in [7, 11) is 0. The Morgan fingerprint density at radius 3 is 2.91 bits per heavy atom. The molecule has 0 bridgehead atoms. The lowest BCUT2D eigenvalue weighted by Gasteiger charge is -1.94. The van der Waals surface area contributed by atoms with Gasteiger partial charge in [-0.2, -0.15) is 5.26 Å². The summed E-state index contributed by atoms with van der Waals surface area (Å²) in [5, 5.41) is 8.49. The Balaban J connectivity index is 3.26. The smallest absolute Gasteiger partial charge is 0.250 e. The zero-order valence-electron chi connectivity index (χ0n) is 5.66. The SMILES string of the molecule is N#Cc1c[c]ccc1C(N)=O. The molecule has 0 fully saturated rings. The van der Waals surface area contributed by atoms with Crippen LogP contribution in [0.3, 0.4) is 0 Å². The number of hydrogen-bond donors (Lipinski definition) is 1. The minimum absolute atomic E-state index is 0.242. The average Bonchev–Trinajstić information content (AvgIpc) is 2.04. The van der Waals surface area contributed by atoms with Crippen molar-refractivity contribution in [2.75, 3.05) is 0 Å². The molecule has 1 aromatic rings. The number of amides is 1. The predicted octanol–water partition coefficient (Wildman–Crippen LogP) is 0.457. The van der Waals surface area contributed by atoms with Gasteiger partial charge in [-0.3, -0.25) is 4.79 Å². The lowest BCUT2D eigenvalue weighted by atomic mass is 10.1. The van der Waals surface area contributed by atoms with Gasteiger partial charge in [0.1, 0.15) is 0 Å². The molecule has 0 unspecified atom stereocenters. The number of nitrogens with zero attached hydrogens (tertiary/aromatic N) is 1. The maximum Gasteiger partial charge on any atom is 0.250 e. The second-order valence-corrected chi connectivity index (χ2v) is 1.95. The van der Waals surface area contributed by atoms with E-state index >= 15 is 0 Å². The van der Waals surface area contributed by atoms with Gasteiger partial charge in [0.2, 0.25) is 5.91 Å². The van der Waals surface area contributed by atoms with E-state index in [9.17, 15) is 4.79 Å². The van der Waals surface area contributed by atoms with E-state index in [0.29, 0.717) is 0 Å². The van der Waals surface area contributed by atoms with Crippen LogP contribution in [0, 0.1) is 17.4 Å². The average molecular weight is 145 g/mol. The van der Waals surface area contributed by atoms with E-state index in [4.69, 9.17) is 11.0 Å². The summed E-state index contributed by atoms with van der Waals surface area (Å²) in [5.74, 6) is -0.587. The molecule has 0 saturated heterocycles. The molecule has 0 heterocycles. The summed E-state index contributed by atoms with van der Waals surface area (Å²) in [6, 6.07) is 8.97. The van der Waals surface area contributed by atoms with E-state index < -0.39 is 5.91 Å². The summed E-state index contributed by atoms with van der Waals surface area (Å²) < 4.78 is 0. The topological polar surface area (TPSA) is 66.9 Å². The molecule has 2 N–H and O–H groups in total. The van der Waals surface area contributed by atoms with E-state index in [1.807, 2.05) is 6.07 Å². The molecule has 0 aliphatic rings. The molecular formula is C8H5N2O. The van der Waals surface area contributed by atoms with Crippen molar-refractivity contribution in [3.05, 3.63) is 35.4 Å². The molecule has 1 rings (SSSR count). The Morgan fingerprint density at radius 2 is 2.45 bits per heavy atom. The third-order valence-electron chi connectivity index (χ3n) is 1.25. The van der Waals surface area contributed by atoms with Gasteiger partial charge in [0.25, 0.3) is 0 Å². The van der Waals surface area contributed by atoms with Crippen LogP contribution in [0.5, 0.6) is 0 Å². The second-order valence-electron chi connectivity index (χ2n) is 1.95. The van der Waals surface area contributed by atoms with Gasteiger partial charge < -0.3 is 5.73 Å². The minimum atomic E-state index is -0.587. The molecule has 0 saturated carbocycles. The first kappa shape index (κ1) is 7.29. The van der Waals surface area contributed by atoms with Crippen LogP contribution in [-0.2, 0) is 0 Å². The van der Waals surface area contributed by atoms with Gasteiger partial charge in [0, 0.05) is 0 Å². The predicted molar refractivity (Wildman–Crippen MR) is 38.5 cm³/mol. The largest absolute Gasteiger partial charge is 0.366 e. The first-order chi connectivity index (χ1) is 5.25. The van der Waals surface area contributed by atoms with Gasteiger partial charge >= 0.3 is 0 Å². The van der Waals surface area contributed by atoms with Crippen LogP contribution in [0.25, 0.3) is 0 Å². The highest BCUT2D eigenvalue weighted by Crippen LogP contribution is 2.04. The summed E-state index contributed by atoms with van der Waals surface area (Å²) in [4.78, 5) is 10.6. The molecular weight excluding hydrogens is 140 g/mol. The standard InChI is InChI=1S/C8H5N2O/c9-5-6-3-1-2-4-7(6)8(10)11/h2-4H,(H2,10,11). The first-order valence-corrected chi connectivity index (χ1v) is 2.95. The van der Waals surface area contributed by atoms with Gasteiger partial charge in [0.05, 0.1) is 17.2 Å². The summed E-state index contributed by atoms with van der Waals surface area (Å²) in [6.45, 7) is 0. The second kappa shape index (κ2) is 2.84. The number of rotatable bonds is 1. The number of carbonyl (C=O) groups excluding carboxylic acids is 1. The molecule has 1 amide bonds. The van der Waals surface area contributed by atoms with Crippen molar-refractivity contribution in [1.82, 2.24) is 0 Å². The summed E-state index contributed by atoms with van der Waals surface area (Å²) in [5.41, 5.74) is 5.49. The van der Waals surface area contributed by atoms with Crippen LogP contribution in [-0.4, -0.2) is 5.91 Å². The fourth-order valence-electron chi connectivity index (χ4n) is 0.738. The van der Waals surface area contributed by atoms with Crippen LogP contribution < -0.4 is 5.73 Å². The molecule has 1 aromatic carbocycles.